The van der Waals surface area contributed by atoms with Gasteiger partial charge in [-0.15, -0.1) is 6.58 Å². The fraction of sp³-hybridized carbons (Fsp3) is 0.529. The van der Waals surface area contributed by atoms with Crippen molar-refractivity contribution in [1.82, 2.24) is 4.31 Å². The minimum Gasteiger partial charge on any atom is -0.207 e. The van der Waals surface area contributed by atoms with Gasteiger partial charge in [0.15, 0.2) is 0 Å². The Morgan fingerprint density at radius 3 is 2.14 bits per heavy atom. The zero-order valence-corrected chi connectivity index (χ0v) is 15.9. The molecule has 0 N–H and O–H groups in total. The van der Waals surface area contributed by atoms with Crippen LogP contribution < -0.4 is 0 Å². The van der Waals surface area contributed by atoms with Gasteiger partial charge in [-0.1, -0.05) is 61.8 Å². The lowest BCUT2D eigenvalue weighted by Gasteiger charge is -2.30. The Morgan fingerprint density at radius 1 is 1.18 bits per heavy atom. The Kier molecular flexibility index (Phi) is 4.99. The van der Waals surface area contributed by atoms with Crippen LogP contribution in [0.4, 0.5) is 0 Å². The Bertz CT molecular complexity index is 639. The summed E-state index contributed by atoms with van der Waals surface area (Å²) in [5.41, 5.74) is 1.07. The number of rotatable bonds is 7. The molecule has 5 heteroatoms. The van der Waals surface area contributed by atoms with Crippen molar-refractivity contribution >= 4 is 18.1 Å². The lowest BCUT2D eigenvalue weighted by atomic mass is 10.2. The molecule has 1 heterocycles. The van der Waals surface area contributed by atoms with Gasteiger partial charge in [-0.05, 0) is 19.1 Å². The van der Waals surface area contributed by atoms with Crippen molar-refractivity contribution in [2.45, 2.75) is 56.8 Å². The van der Waals surface area contributed by atoms with E-state index < -0.39 is 18.1 Å². The maximum atomic E-state index is 12.7. The highest BCUT2D eigenvalue weighted by atomic mass is 32.2. The number of hydrogen-bond donors (Lipinski definition) is 0. The lowest BCUT2D eigenvalue weighted by molar-refractivity contribution is 0.558. The van der Waals surface area contributed by atoms with Gasteiger partial charge < -0.3 is 0 Å². The summed E-state index contributed by atoms with van der Waals surface area (Å²) in [6, 6.07) is 10.6. The first-order chi connectivity index (χ1) is 10.3. The second kappa shape index (κ2) is 6.30. The summed E-state index contributed by atoms with van der Waals surface area (Å²) in [7, 11) is -4.92. The molecule has 2 unspecified atom stereocenters. The van der Waals surface area contributed by atoms with Crippen LogP contribution in [0.2, 0.25) is 18.1 Å². The van der Waals surface area contributed by atoms with Gasteiger partial charge in [0.1, 0.15) is 0 Å². The molecule has 0 amide bonds. The van der Waals surface area contributed by atoms with E-state index in [2.05, 4.69) is 27.4 Å². The summed E-state index contributed by atoms with van der Waals surface area (Å²) in [6.07, 6.45) is 0. The van der Waals surface area contributed by atoms with Gasteiger partial charge in [-0.2, -0.15) is 4.31 Å². The first-order valence-corrected chi connectivity index (χ1v) is 12.2. The molecule has 1 aromatic carbocycles. The Morgan fingerprint density at radius 2 is 1.68 bits per heavy atom. The largest absolute Gasteiger partial charge is 0.243 e. The van der Waals surface area contributed by atoms with Crippen LogP contribution in [0.1, 0.15) is 26.3 Å². The molecule has 0 aromatic heterocycles. The highest BCUT2D eigenvalue weighted by Crippen LogP contribution is 2.40. The van der Waals surface area contributed by atoms with Crippen LogP contribution in [0.25, 0.3) is 0 Å². The van der Waals surface area contributed by atoms with E-state index in [-0.39, 0.29) is 6.04 Å². The molecule has 0 radical (unpaired) electrons. The topological polar surface area (TPSA) is 37.1 Å². The fourth-order valence-corrected chi connectivity index (χ4v) is 8.76. The van der Waals surface area contributed by atoms with Crippen LogP contribution in [0, 0.1) is 6.92 Å². The molecule has 1 aromatic rings. The predicted molar refractivity (Wildman–Crippen MR) is 95.2 cm³/mol. The third-order valence-electron chi connectivity index (χ3n) is 5.31. The van der Waals surface area contributed by atoms with E-state index >= 15 is 0 Å². The maximum Gasteiger partial charge on any atom is 0.243 e. The van der Waals surface area contributed by atoms with E-state index in [0.29, 0.717) is 11.4 Å². The average Bonchev–Trinajstić information content (AvgIpc) is 3.31. The van der Waals surface area contributed by atoms with E-state index in [4.69, 9.17) is 0 Å². The van der Waals surface area contributed by atoms with Crippen LogP contribution in [0.5, 0.6) is 0 Å². The number of hydrogen-bond acceptors (Lipinski definition) is 2. The third-order valence-corrected chi connectivity index (χ3v) is 13.0. The van der Waals surface area contributed by atoms with E-state index in [1.54, 1.807) is 16.4 Å². The van der Waals surface area contributed by atoms with Gasteiger partial charge in [0.2, 0.25) is 10.0 Å². The minimum absolute atomic E-state index is 0.0258. The fourth-order valence-electron chi connectivity index (χ4n) is 3.30. The summed E-state index contributed by atoms with van der Waals surface area (Å²) in [4.78, 5) is 0.394. The van der Waals surface area contributed by atoms with E-state index in [1.165, 1.54) is 5.20 Å². The zero-order chi connectivity index (χ0) is 16.5. The molecule has 122 valence electrons. The zero-order valence-electron chi connectivity index (χ0n) is 14.1. The van der Waals surface area contributed by atoms with Crippen molar-refractivity contribution in [2.75, 3.05) is 6.54 Å². The number of sulfonamides is 1. The number of aryl methyl sites for hydroxylation is 1. The first-order valence-electron chi connectivity index (χ1n) is 8.10. The molecule has 1 fully saturated rings. The Balaban J connectivity index is 2.21. The summed E-state index contributed by atoms with van der Waals surface area (Å²) < 4.78 is 27.0. The second-order valence-corrected chi connectivity index (χ2v) is 13.5. The molecule has 0 bridgehead atoms. The molecule has 0 aliphatic carbocycles. The molecular formula is C17H27NO2SSi. The molecular weight excluding hydrogens is 310 g/mol. The number of benzene rings is 1. The van der Waals surface area contributed by atoms with Crippen molar-refractivity contribution in [3.05, 3.63) is 41.6 Å². The van der Waals surface area contributed by atoms with Crippen molar-refractivity contribution in [1.29, 1.82) is 0 Å². The van der Waals surface area contributed by atoms with Gasteiger partial charge in [0.05, 0.1) is 19.0 Å². The SMILES string of the molecule is C=C(C1CN1S(=O)(=O)c1ccc(C)cc1)[Si](CC)(CC)CC. The van der Waals surface area contributed by atoms with Crippen LogP contribution >= 0.6 is 0 Å². The average molecular weight is 338 g/mol. The molecule has 2 rings (SSSR count). The van der Waals surface area contributed by atoms with Gasteiger partial charge in [-0.25, -0.2) is 8.42 Å². The minimum atomic E-state index is -3.37. The quantitative estimate of drug-likeness (QED) is 0.557. The van der Waals surface area contributed by atoms with Crippen molar-refractivity contribution < 1.29 is 8.42 Å². The summed E-state index contributed by atoms with van der Waals surface area (Å²) in [5.74, 6) is 0. The molecule has 1 aliphatic rings. The molecule has 0 spiro atoms. The molecule has 1 saturated heterocycles. The molecule has 3 nitrogen and oxygen atoms in total. The third kappa shape index (κ3) is 2.94. The predicted octanol–water partition coefficient (Wildman–Crippen LogP) is 3.97. The highest BCUT2D eigenvalue weighted by Gasteiger charge is 2.50. The molecule has 0 saturated carbocycles. The Hall–Kier alpha value is -0.913. The van der Waals surface area contributed by atoms with Gasteiger partial charge in [-0.3, -0.25) is 0 Å². The van der Waals surface area contributed by atoms with Crippen molar-refractivity contribution in [3.8, 4) is 0 Å². The first kappa shape index (κ1) is 17.4. The van der Waals surface area contributed by atoms with Crippen LogP contribution in [-0.2, 0) is 10.0 Å². The van der Waals surface area contributed by atoms with Crippen molar-refractivity contribution in [2.24, 2.45) is 0 Å². The van der Waals surface area contributed by atoms with E-state index in [9.17, 15) is 8.42 Å². The smallest absolute Gasteiger partial charge is 0.207 e. The van der Waals surface area contributed by atoms with Crippen LogP contribution in [-0.4, -0.2) is 33.4 Å². The van der Waals surface area contributed by atoms with E-state index in [0.717, 1.165) is 23.7 Å². The Labute approximate surface area is 136 Å². The summed E-state index contributed by atoms with van der Waals surface area (Å²) in [5, 5.41) is 1.22. The van der Waals surface area contributed by atoms with Gasteiger partial charge in [0, 0.05) is 6.54 Å². The van der Waals surface area contributed by atoms with E-state index in [1.807, 2.05) is 19.1 Å². The standard InChI is InChI=1S/C17H27NO2SSi/c1-6-22(7-2,8-3)15(5)17-13-18(17)21(19,20)16-11-9-14(4)10-12-16/h9-12,17H,5-8,13H2,1-4H3. The van der Waals surface area contributed by atoms with Gasteiger partial charge in [0.25, 0.3) is 0 Å². The van der Waals surface area contributed by atoms with Gasteiger partial charge >= 0.3 is 0 Å². The highest BCUT2D eigenvalue weighted by molar-refractivity contribution is 7.89. The molecule has 22 heavy (non-hydrogen) atoms. The monoisotopic (exact) mass is 337 g/mol. The van der Waals surface area contributed by atoms with Crippen molar-refractivity contribution in [3.63, 3.8) is 0 Å². The number of nitrogens with zero attached hydrogens (tertiary/aromatic N) is 1. The van der Waals surface area contributed by atoms with Crippen LogP contribution in [0.3, 0.4) is 0 Å². The molecule has 2 atom stereocenters. The lowest BCUT2D eigenvalue weighted by Crippen LogP contribution is -2.37. The van der Waals surface area contributed by atoms with Crippen LogP contribution in [0.15, 0.2) is 40.9 Å². The summed E-state index contributed by atoms with van der Waals surface area (Å²) in [6.45, 7) is 13.6. The molecule has 1 aliphatic heterocycles. The second-order valence-electron chi connectivity index (χ2n) is 6.27. The summed E-state index contributed by atoms with van der Waals surface area (Å²) >= 11 is 0. The maximum absolute atomic E-state index is 12.7. The normalized spacial score (nSPS) is 21.6.